The fourth-order valence-electron chi connectivity index (χ4n) is 4.11. The number of amides is 1. The summed E-state index contributed by atoms with van der Waals surface area (Å²) in [4.78, 5) is 27.4. The van der Waals surface area contributed by atoms with Gasteiger partial charge in [-0.1, -0.05) is 6.07 Å². The number of carbonyl (C=O) groups is 1. The second-order valence-electron chi connectivity index (χ2n) is 10.7. The van der Waals surface area contributed by atoms with Gasteiger partial charge in [0.25, 0.3) is 0 Å². The van der Waals surface area contributed by atoms with Crippen molar-refractivity contribution in [1.82, 2.24) is 20.2 Å². The maximum atomic E-state index is 15.0. The molecule has 0 radical (unpaired) electrons. The van der Waals surface area contributed by atoms with Crippen LogP contribution in [0.5, 0.6) is 17.4 Å². The standard InChI is InChI=1S/C29H34F2N6O3/c1-29(2,3)35-16-19(15-32)36-25(38)13-18-5-8-24(27(31)26(18)30)40-28-22-14-21(6-7-23(22)33-17-34-28)39-20-9-11-37(4)12-10-20/h5-8,14-17,20H,9-13,32H2,1-4H3,(H,36,38)/b19-15+,35-16?. The number of hydrogen-bond donors (Lipinski definition) is 2. The Kier molecular flexibility index (Phi) is 8.93. The molecule has 1 fully saturated rings. The zero-order valence-corrected chi connectivity index (χ0v) is 23.1. The van der Waals surface area contributed by atoms with Gasteiger partial charge in [0, 0.05) is 31.1 Å². The van der Waals surface area contributed by atoms with E-state index in [0.29, 0.717) is 16.7 Å². The van der Waals surface area contributed by atoms with Gasteiger partial charge in [-0.2, -0.15) is 4.39 Å². The van der Waals surface area contributed by atoms with Crippen LogP contribution in [0.2, 0.25) is 0 Å². The molecular weight excluding hydrogens is 518 g/mol. The first-order valence-corrected chi connectivity index (χ1v) is 13.0. The van der Waals surface area contributed by atoms with Crippen LogP contribution in [0.25, 0.3) is 10.9 Å². The number of ether oxygens (including phenoxy) is 2. The van der Waals surface area contributed by atoms with E-state index in [1.165, 1.54) is 30.9 Å². The van der Waals surface area contributed by atoms with E-state index in [9.17, 15) is 9.18 Å². The van der Waals surface area contributed by atoms with Crippen LogP contribution >= 0.6 is 0 Å². The third kappa shape index (κ3) is 7.50. The number of nitrogens with two attached hydrogens (primary N) is 1. The van der Waals surface area contributed by atoms with Crippen molar-refractivity contribution in [2.24, 2.45) is 10.7 Å². The summed E-state index contributed by atoms with van der Waals surface area (Å²) < 4.78 is 41.8. The molecule has 0 bridgehead atoms. The van der Waals surface area contributed by atoms with Gasteiger partial charge >= 0.3 is 0 Å². The lowest BCUT2D eigenvalue weighted by Crippen LogP contribution is -2.35. The van der Waals surface area contributed by atoms with Crippen molar-refractivity contribution in [2.45, 2.75) is 51.7 Å². The van der Waals surface area contributed by atoms with Crippen LogP contribution in [0, 0.1) is 11.6 Å². The van der Waals surface area contributed by atoms with Gasteiger partial charge in [0.2, 0.25) is 17.6 Å². The molecule has 11 heteroatoms. The van der Waals surface area contributed by atoms with Crippen LogP contribution in [0.1, 0.15) is 39.2 Å². The van der Waals surface area contributed by atoms with Gasteiger partial charge in [-0.25, -0.2) is 14.4 Å². The summed E-state index contributed by atoms with van der Waals surface area (Å²) in [6.45, 7) is 7.56. The first-order chi connectivity index (χ1) is 19.0. The van der Waals surface area contributed by atoms with Crippen molar-refractivity contribution >= 4 is 23.0 Å². The highest BCUT2D eigenvalue weighted by Gasteiger charge is 2.21. The summed E-state index contributed by atoms with van der Waals surface area (Å²) in [6.07, 6.45) is 5.37. The Morgan fingerprint density at radius 3 is 2.62 bits per heavy atom. The zero-order valence-electron chi connectivity index (χ0n) is 23.1. The molecule has 1 saturated heterocycles. The highest BCUT2D eigenvalue weighted by Crippen LogP contribution is 2.33. The normalized spacial score (nSPS) is 15.5. The minimum absolute atomic E-state index is 0.0541. The minimum Gasteiger partial charge on any atom is -0.490 e. The lowest BCUT2D eigenvalue weighted by Gasteiger charge is -2.29. The van der Waals surface area contributed by atoms with E-state index in [2.05, 4.69) is 32.2 Å². The van der Waals surface area contributed by atoms with Gasteiger partial charge in [-0.05, 0) is 64.9 Å². The van der Waals surface area contributed by atoms with Crippen LogP contribution in [-0.4, -0.2) is 58.8 Å². The Hall–Kier alpha value is -4.12. The molecule has 0 saturated carbocycles. The Bertz CT molecular complexity index is 1430. The van der Waals surface area contributed by atoms with E-state index >= 15 is 4.39 Å². The number of halogens is 2. The fourth-order valence-corrected chi connectivity index (χ4v) is 4.11. The number of hydrogen-bond acceptors (Lipinski definition) is 8. The first-order valence-electron chi connectivity index (χ1n) is 13.0. The molecule has 3 aromatic rings. The highest BCUT2D eigenvalue weighted by molar-refractivity contribution is 5.89. The molecule has 0 spiro atoms. The maximum Gasteiger partial charge on any atom is 0.230 e. The van der Waals surface area contributed by atoms with Crippen LogP contribution in [0.3, 0.4) is 0 Å². The molecule has 1 amide bonds. The molecule has 1 aromatic heterocycles. The molecule has 1 aliphatic rings. The number of fused-ring (bicyclic) bond motifs is 1. The van der Waals surface area contributed by atoms with Crippen LogP contribution in [0.15, 0.2) is 53.5 Å². The van der Waals surface area contributed by atoms with Gasteiger partial charge in [0.05, 0.1) is 28.6 Å². The summed E-state index contributed by atoms with van der Waals surface area (Å²) >= 11 is 0. The van der Waals surface area contributed by atoms with Gasteiger partial charge in [0.1, 0.15) is 18.2 Å². The molecule has 0 aliphatic carbocycles. The number of piperidine rings is 1. The van der Waals surface area contributed by atoms with Crippen molar-refractivity contribution in [3.8, 4) is 17.4 Å². The number of nitrogens with zero attached hydrogens (tertiary/aromatic N) is 4. The Morgan fingerprint density at radius 2 is 1.93 bits per heavy atom. The molecule has 2 heterocycles. The van der Waals surface area contributed by atoms with Crippen LogP contribution in [0.4, 0.5) is 8.78 Å². The topological polar surface area (TPSA) is 115 Å². The number of likely N-dealkylation sites (tertiary alicyclic amines) is 1. The SMILES string of the molecule is CN1CCC(Oc2ccc3ncnc(Oc4ccc(CC(=O)N/C(C=NC(C)(C)C)=C/N)c(F)c4F)c3c2)CC1. The van der Waals surface area contributed by atoms with Gasteiger partial charge < -0.3 is 25.4 Å². The summed E-state index contributed by atoms with van der Waals surface area (Å²) in [5, 5.41) is 3.04. The predicted molar refractivity (Wildman–Crippen MR) is 149 cm³/mol. The molecule has 4 rings (SSSR count). The van der Waals surface area contributed by atoms with Gasteiger partial charge in [0.15, 0.2) is 11.6 Å². The van der Waals surface area contributed by atoms with Crippen molar-refractivity contribution in [3.63, 3.8) is 0 Å². The first kappa shape index (κ1) is 28.9. The average molecular weight is 553 g/mol. The molecule has 3 N–H and O–H groups in total. The Labute approximate surface area is 232 Å². The molecule has 1 aliphatic heterocycles. The quantitative estimate of drug-likeness (QED) is 0.396. The van der Waals surface area contributed by atoms with E-state index in [-0.39, 0.29) is 34.5 Å². The highest BCUT2D eigenvalue weighted by atomic mass is 19.2. The average Bonchev–Trinajstić information content (AvgIpc) is 2.92. The van der Waals surface area contributed by atoms with Crippen LogP contribution < -0.4 is 20.5 Å². The summed E-state index contributed by atoms with van der Waals surface area (Å²) in [6, 6.07) is 7.87. The third-order valence-electron chi connectivity index (χ3n) is 6.28. The summed E-state index contributed by atoms with van der Waals surface area (Å²) in [7, 11) is 2.08. The molecule has 212 valence electrons. The predicted octanol–water partition coefficient (Wildman–Crippen LogP) is 4.50. The molecule has 0 unspecified atom stereocenters. The third-order valence-corrected chi connectivity index (χ3v) is 6.28. The zero-order chi connectivity index (χ0) is 28.9. The molecule has 9 nitrogen and oxygen atoms in total. The second-order valence-corrected chi connectivity index (χ2v) is 10.7. The molecule has 40 heavy (non-hydrogen) atoms. The number of carbonyl (C=O) groups excluding carboxylic acids is 1. The lowest BCUT2D eigenvalue weighted by atomic mass is 10.1. The van der Waals surface area contributed by atoms with E-state index in [1.54, 1.807) is 12.1 Å². The smallest absolute Gasteiger partial charge is 0.230 e. The maximum absolute atomic E-state index is 15.0. The van der Waals surface area contributed by atoms with E-state index in [0.717, 1.165) is 25.9 Å². The largest absolute Gasteiger partial charge is 0.490 e. The molecule has 0 atom stereocenters. The number of aliphatic imine (C=N–C) groups is 1. The number of nitrogens with one attached hydrogen (secondary N) is 1. The lowest BCUT2D eigenvalue weighted by molar-refractivity contribution is -0.119. The fraction of sp³-hybridized carbons (Fsp3) is 0.379. The van der Waals surface area contributed by atoms with Crippen molar-refractivity contribution in [1.29, 1.82) is 0 Å². The monoisotopic (exact) mass is 552 g/mol. The number of benzene rings is 2. The number of allylic oxidation sites excluding steroid dienone is 1. The summed E-state index contributed by atoms with van der Waals surface area (Å²) in [5.41, 5.74) is 5.84. The Balaban J connectivity index is 1.49. The molecular formula is C29H34F2N6O3. The summed E-state index contributed by atoms with van der Waals surface area (Å²) in [5.74, 6) is -2.71. The number of aromatic nitrogens is 2. The van der Waals surface area contributed by atoms with Gasteiger partial charge in [-0.15, -0.1) is 0 Å². The second kappa shape index (κ2) is 12.4. The Morgan fingerprint density at radius 1 is 1.18 bits per heavy atom. The van der Waals surface area contributed by atoms with Crippen molar-refractivity contribution < 1.29 is 23.0 Å². The number of rotatable bonds is 8. The molecule has 2 aromatic carbocycles. The van der Waals surface area contributed by atoms with Crippen LogP contribution in [-0.2, 0) is 11.2 Å². The van der Waals surface area contributed by atoms with Gasteiger partial charge in [-0.3, -0.25) is 9.79 Å². The van der Waals surface area contributed by atoms with E-state index in [1.807, 2.05) is 26.8 Å². The van der Waals surface area contributed by atoms with E-state index < -0.39 is 24.0 Å². The van der Waals surface area contributed by atoms with Crippen molar-refractivity contribution in [3.05, 3.63) is 65.8 Å². The minimum atomic E-state index is -1.24. The van der Waals surface area contributed by atoms with Crippen molar-refractivity contribution in [2.75, 3.05) is 20.1 Å². The van der Waals surface area contributed by atoms with E-state index in [4.69, 9.17) is 15.2 Å².